The monoisotopic (exact) mass is 184 g/mol. The summed E-state index contributed by atoms with van der Waals surface area (Å²) < 4.78 is 7.10. The molecule has 0 radical (unpaired) electrons. The van der Waals surface area contributed by atoms with Crippen LogP contribution in [0.3, 0.4) is 0 Å². The van der Waals surface area contributed by atoms with E-state index in [1.54, 1.807) is 23.3 Å². The first-order valence-corrected chi connectivity index (χ1v) is 4.11. The smallest absolute Gasteiger partial charge is 0.269 e. The Balaban J connectivity index is 2.63. The number of hydrogen-bond donors (Lipinski definition) is 0. The third-order valence-electron chi connectivity index (χ3n) is 1.11. The molecule has 12 heavy (non-hydrogen) atoms. The van der Waals surface area contributed by atoms with Crippen molar-refractivity contribution in [2.24, 2.45) is 0 Å². The Labute approximate surface area is 77.4 Å². The third kappa shape index (κ3) is 2.62. The third-order valence-corrected chi connectivity index (χ3v) is 1.40. The van der Waals surface area contributed by atoms with E-state index in [0.717, 1.165) is 0 Å². The van der Waals surface area contributed by atoms with Gasteiger partial charge in [-0.2, -0.15) is 0 Å². The quantitative estimate of drug-likeness (QED) is 0.576. The predicted molar refractivity (Wildman–Crippen MR) is 51.1 cm³/mol. The minimum Gasteiger partial charge on any atom is -0.465 e. The van der Waals surface area contributed by atoms with Crippen LogP contribution in [0.25, 0.3) is 0 Å². The van der Waals surface area contributed by atoms with E-state index in [-0.39, 0.29) is 5.60 Å². The molecule has 3 nitrogen and oxygen atoms in total. The second-order valence-electron chi connectivity index (χ2n) is 3.45. The summed E-state index contributed by atoms with van der Waals surface area (Å²) in [7, 11) is 0. The standard InChI is InChI=1S/C8H12N2OS/c1-8(2,3)11-7(12)10-5-4-9-6-10/h4-6H,1-3H3. The zero-order valence-corrected chi connectivity index (χ0v) is 8.26. The van der Waals surface area contributed by atoms with Gasteiger partial charge in [-0.3, -0.25) is 4.57 Å². The van der Waals surface area contributed by atoms with Crippen molar-refractivity contribution in [1.29, 1.82) is 0 Å². The lowest BCUT2D eigenvalue weighted by molar-refractivity contribution is 0.115. The average molecular weight is 184 g/mol. The molecule has 66 valence electrons. The molecule has 0 spiro atoms. The maximum absolute atomic E-state index is 5.44. The van der Waals surface area contributed by atoms with E-state index in [2.05, 4.69) is 4.98 Å². The maximum atomic E-state index is 5.44. The lowest BCUT2D eigenvalue weighted by atomic mass is 10.2. The molecule has 0 bridgehead atoms. The zero-order chi connectivity index (χ0) is 9.19. The fourth-order valence-electron chi connectivity index (χ4n) is 0.682. The first-order valence-electron chi connectivity index (χ1n) is 3.70. The van der Waals surface area contributed by atoms with Crippen LogP contribution in [0.2, 0.25) is 0 Å². The van der Waals surface area contributed by atoms with Crippen LogP contribution in [0.1, 0.15) is 20.8 Å². The first-order chi connectivity index (χ1) is 5.49. The van der Waals surface area contributed by atoms with Crippen LogP contribution in [0.5, 0.6) is 0 Å². The Morgan fingerprint density at radius 3 is 2.58 bits per heavy atom. The van der Waals surface area contributed by atoms with Crippen molar-refractivity contribution < 1.29 is 4.74 Å². The fraction of sp³-hybridized carbons (Fsp3) is 0.500. The molecule has 0 aliphatic heterocycles. The van der Waals surface area contributed by atoms with Crippen molar-refractivity contribution in [2.75, 3.05) is 0 Å². The SMILES string of the molecule is CC(C)(C)OC(=S)n1ccnc1. The highest BCUT2D eigenvalue weighted by molar-refractivity contribution is 7.80. The molecule has 1 rings (SSSR count). The van der Waals surface area contributed by atoms with Gasteiger partial charge in [-0.15, -0.1) is 0 Å². The second kappa shape index (κ2) is 3.23. The Kier molecular flexibility index (Phi) is 2.47. The van der Waals surface area contributed by atoms with E-state index < -0.39 is 0 Å². The van der Waals surface area contributed by atoms with Crippen molar-refractivity contribution in [3.63, 3.8) is 0 Å². The molecule has 4 heteroatoms. The van der Waals surface area contributed by atoms with Crippen LogP contribution < -0.4 is 0 Å². The summed E-state index contributed by atoms with van der Waals surface area (Å²) in [4.78, 5) is 3.87. The predicted octanol–water partition coefficient (Wildman–Crippen LogP) is 1.83. The molecule has 0 saturated carbocycles. The second-order valence-corrected chi connectivity index (χ2v) is 3.80. The number of nitrogens with zero attached hydrogens (tertiary/aromatic N) is 2. The lowest BCUT2D eigenvalue weighted by Crippen LogP contribution is -2.26. The van der Waals surface area contributed by atoms with Crippen LogP contribution in [0.15, 0.2) is 18.7 Å². The van der Waals surface area contributed by atoms with Gasteiger partial charge in [0.15, 0.2) is 0 Å². The Hall–Kier alpha value is -0.900. The number of ether oxygens (including phenoxy) is 1. The minimum absolute atomic E-state index is 0.249. The van der Waals surface area contributed by atoms with Crippen molar-refractivity contribution in [3.05, 3.63) is 18.7 Å². The summed E-state index contributed by atoms with van der Waals surface area (Å²) in [6.07, 6.45) is 5.04. The Morgan fingerprint density at radius 2 is 2.17 bits per heavy atom. The highest BCUT2D eigenvalue weighted by Gasteiger charge is 2.13. The average Bonchev–Trinajstić information content (AvgIpc) is 2.32. The van der Waals surface area contributed by atoms with Crippen molar-refractivity contribution in [3.8, 4) is 0 Å². The molecule has 1 aromatic heterocycles. The topological polar surface area (TPSA) is 27.1 Å². The summed E-state index contributed by atoms with van der Waals surface area (Å²) in [5.41, 5.74) is -0.249. The van der Waals surface area contributed by atoms with E-state index in [0.29, 0.717) is 5.17 Å². The van der Waals surface area contributed by atoms with Gasteiger partial charge in [-0.25, -0.2) is 4.98 Å². The minimum atomic E-state index is -0.249. The molecular weight excluding hydrogens is 172 g/mol. The van der Waals surface area contributed by atoms with Crippen LogP contribution in [-0.2, 0) is 4.74 Å². The van der Waals surface area contributed by atoms with Gasteiger partial charge in [-0.05, 0) is 33.0 Å². The summed E-state index contributed by atoms with van der Waals surface area (Å²) in [5.74, 6) is 0. The summed E-state index contributed by atoms with van der Waals surface area (Å²) in [6, 6.07) is 0. The van der Waals surface area contributed by atoms with Gasteiger partial charge in [0.25, 0.3) is 5.17 Å². The Bertz CT molecular complexity index is 261. The van der Waals surface area contributed by atoms with E-state index in [9.17, 15) is 0 Å². The van der Waals surface area contributed by atoms with E-state index in [1.165, 1.54) is 0 Å². The zero-order valence-electron chi connectivity index (χ0n) is 7.44. The van der Waals surface area contributed by atoms with Gasteiger partial charge in [-0.1, -0.05) is 0 Å². The number of hydrogen-bond acceptors (Lipinski definition) is 3. The largest absolute Gasteiger partial charge is 0.465 e. The van der Waals surface area contributed by atoms with Gasteiger partial charge in [0.1, 0.15) is 11.9 Å². The number of imidazole rings is 1. The van der Waals surface area contributed by atoms with E-state index >= 15 is 0 Å². The van der Waals surface area contributed by atoms with Gasteiger partial charge < -0.3 is 4.74 Å². The molecule has 0 unspecified atom stereocenters. The van der Waals surface area contributed by atoms with Crippen LogP contribution >= 0.6 is 12.2 Å². The van der Waals surface area contributed by atoms with Crippen molar-refractivity contribution in [1.82, 2.24) is 9.55 Å². The molecule has 0 aromatic carbocycles. The molecular formula is C8H12N2OS. The highest BCUT2D eigenvalue weighted by Crippen LogP contribution is 2.08. The summed E-state index contributed by atoms with van der Waals surface area (Å²) in [6.45, 7) is 5.86. The molecule has 1 heterocycles. The normalized spacial score (nSPS) is 11.2. The van der Waals surface area contributed by atoms with Crippen molar-refractivity contribution >= 4 is 17.4 Å². The van der Waals surface area contributed by atoms with E-state index in [4.69, 9.17) is 17.0 Å². The fourth-order valence-corrected chi connectivity index (χ4v) is 1.04. The van der Waals surface area contributed by atoms with Crippen LogP contribution in [0.4, 0.5) is 0 Å². The highest BCUT2D eigenvalue weighted by atomic mass is 32.1. The molecule has 0 saturated heterocycles. The summed E-state index contributed by atoms with van der Waals surface area (Å²) >= 11 is 5.02. The lowest BCUT2D eigenvalue weighted by Gasteiger charge is -2.21. The number of aromatic nitrogens is 2. The van der Waals surface area contributed by atoms with Crippen molar-refractivity contribution in [2.45, 2.75) is 26.4 Å². The molecule has 0 aliphatic rings. The Morgan fingerprint density at radius 1 is 1.50 bits per heavy atom. The van der Waals surface area contributed by atoms with Crippen LogP contribution in [-0.4, -0.2) is 20.3 Å². The summed E-state index contributed by atoms with van der Waals surface area (Å²) in [5, 5.41) is 0.431. The van der Waals surface area contributed by atoms with Gasteiger partial charge in [0, 0.05) is 12.4 Å². The molecule has 0 amide bonds. The molecule has 0 N–H and O–H groups in total. The molecule has 1 aromatic rings. The first kappa shape index (κ1) is 9.19. The van der Waals surface area contributed by atoms with Gasteiger partial charge in [0.2, 0.25) is 0 Å². The number of thiocarbonyl (C=S) groups is 1. The van der Waals surface area contributed by atoms with Gasteiger partial charge in [0.05, 0.1) is 0 Å². The van der Waals surface area contributed by atoms with Gasteiger partial charge >= 0.3 is 0 Å². The number of rotatable bonds is 0. The van der Waals surface area contributed by atoms with Crippen LogP contribution in [0, 0.1) is 0 Å². The molecule has 0 atom stereocenters. The molecule has 0 fully saturated rings. The molecule has 0 aliphatic carbocycles. The van der Waals surface area contributed by atoms with E-state index in [1.807, 2.05) is 20.8 Å². The maximum Gasteiger partial charge on any atom is 0.269 e.